The highest BCUT2D eigenvalue weighted by Crippen LogP contribution is 2.26. The summed E-state index contributed by atoms with van der Waals surface area (Å²) in [7, 11) is 0. The van der Waals surface area contributed by atoms with Crippen LogP contribution in [-0.2, 0) is 4.79 Å². The molecule has 0 fully saturated rings. The normalized spacial score (nSPS) is 12.3. The third kappa shape index (κ3) is 2.75. The van der Waals surface area contributed by atoms with Gasteiger partial charge in [-0.25, -0.2) is 4.39 Å². The molecule has 1 atom stereocenters. The first-order chi connectivity index (χ1) is 8.56. The standard InChI is InChI=1S/C13H11FO4/c14-9-3-1-8(2-4-9)11-5-6-12(18-11)10(15)7-13(16)17/h1-6,10,15H,7H2,(H,16,17). The molecule has 0 amide bonds. The van der Waals surface area contributed by atoms with Crippen molar-refractivity contribution in [1.82, 2.24) is 0 Å². The van der Waals surface area contributed by atoms with Gasteiger partial charge in [-0.05, 0) is 36.4 Å². The fourth-order valence-corrected chi connectivity index (χ4v) is 1.57. The molecule has 5 heteroatoms. The molecular formula is C13H11FO4. The monoisotopic (exact) mass is 250 g/mol. The summed E-state index contributed by atoms with van der Waals surface area (Å²) in [5.41, 5.74) is 0.658. The average molecular weight is 250 g/mol. The van der Waals surface area contributed by atoms with Crippen molar-refractivity contribution in [2.24, 2.45) is 0 Å². The lowest BCUT2D eigenvalue weighted by atomic mass is 10.2. The Morgan fingerprint density at radius 2 is 1.89 bits per heavy atom. The Balaban J connectivity index is 2.19. The van der Waals surface area contributed by atoms with E-state index >= 15 is 0 Å². The molecule has 2 rings (SSSR count). The van der Waals surface area contributed by atoms with E-state index in [1.54, 1.807) is 18.2 Å². The van der Waals surface area contributed by atoms with Crippen LogP contribution in [-0.4, -0.2) is 16.2 Å². The fraction of sp³-hybridized carbons (Fsp3) is 0.154. The molecule has 0 saturated carbocycles. The smallest absolute Gasteiger partial charge is 0.306 e. The van der Waals surface area contributed by atoms with Gasteiger partial charge in [0, 0.05) is 5.56 Å². The molecule has 4 nitrogen and oxygen atoms in total. The van der Waals surface area contributed by atoms with Crippen LogP contribution in [0.3, 0.4) is 0 Å². The maximum atomic E-state index is 12.7. The van der Waals surface area contributed by atoms with Gasteiger partial charge in [-0.15, -0.1) is 0 Å². The summed E-state index contributed by atoms with van der Waals surface area (Å²) in [5, 5.41) is 18.1. The van der Waals surface area contributed by atoms with Crippen LogP contribution in [0.15, 0.2) is 40.8 Å². The third-order valence-corrected chi connectivity index (χ3v) is 2.45. The van der Waals surface area contributed by atoms with E-state index in [9.17, 15) is 14.3 Å². The number of hydrogen-bond donors (Lipinski definition) is 2. The van der Waals surface area contributed by atoms with Gasteiger partial charge >= 0.3 is 5.97 Å². The molecule has 0 saturated heterocycles. The zero-order chi connectivity index (χ0) is 13.1. The predicted molar refractivity (Wildman–Crippen MR) is 61.3 cm³/mol. The first-order valence-electron chi connectivity index (χ1n) is 5.32. The summed E-state index contributed by atoms with van der Waals surface area (Å²) in [5.74, 6) is -0.829. The Hall–Kier alpha value is -2.14. The lowest BCUT2D eigenvalue weighted by Gasteiger charge is -2.03. The van der Waals surface area contributed by atoms with Crippen molar-refractivity contribution in [2.45, 2.75) is 12.5 Å². The Morgan fingerprint density at radius 3 is 2.50 bits per heavy atom. The maximum absolute atomic E-state index is 12.7. The molecule has 0 aliphatic carbocycles. The van der Waals surface area contributed by atoms with Crippen molar-refractivity contribution in [1.29, 1.82) is 0 Å². The number of benzene rings is 1. The molecule has 0 radical (unpaired) electrons. The van der Waals surface area contributed by atoms with Gasteiger partial charge in [-0.3, -0.25) is 4.79 Å². The second-order valence-electron chi connectivity index (χ2n) is 3.82. The minimum Gasteiger partial charge on any atom is -0.481 e. The van der Waals surface area contributed by atoms with Crippen molar-refractivity contribution in [3.05, 3.63) is 48.0 Å². The van der Waals surface area contributed by atoms with Crippen LogP contribution in [0.4, 0.5) is 4.39 Å². The third-order valence-electron chi connectivity index (χ3n) is 2.45. The van der Waals surface area contributed by atoms with Crippen LogP contribution >= 0.6 is 0 Å². The maximum Gasteiger partial charge on any atom is 0.306 e. The van der Waals surface area contributed by atoms with Crippen molar-refractivity contribution < 1.29 is 23.8 Å². The molecule has 2 aromatic rings. The number of halogens is 1. The number of aliphatic hydroxyl groups excluding tert-OH is 1. The van der Waals surface area contributed by atoms with Crippen LogP contribution in [0.5, 0.6) is 0 Å². The lowest BCUT2D eigenvalue weighted by Crippen LogP contribution is -2.04. The van der Waals surface area contributed by atoms with E-state index in [2.05, 4.69) is 0 Å². The van der Waals surface area contributed by atoms with Gasteiger partial charge in [-0.1, -0.05) is 0 Å². The molecular weight excluding hydrogens is 239 g/mol. The number of furan rings is 1. The summed E-state index contributed by atoms with van der Waals surface area (Å²) >= 11 is 0. The number of rotatable bonds is 4. The molecule has 0 spiro atoms. The second kappa shape index (κ2) is 5.01. The van der Waals surface area contributed by atoms with E-state index in [1.165, 1.54) is 18.2 Å². The van der Waals surface area contributed by atoms with E-state index in [1.807, 2.05) is 0 Å². The molecule has 1 aromatic heterocycles. The van der Waals surface area contributed by atoms with Gasteiger partial charge in [0.05, 0.1) is 6.42 Å². The highest BCUT2D eigenvalue weighted by atomic mass is 19.1. The molecule has 2 N–H and O–H groups in total. The van der Waals surface area contributed by atoms with Gasteiger partial charge in [0.15, 0.2) is 0 Å². The largest absolute Gasteiger partial charge is 0.481 e. The molecule has 1 aromatic carbocycles. The van der Waals surface area contributed by atoms with Gasteiger partial charge in [0.25, 0.3) is 0 Å². The molecule has 94 valence electrons. The molecule has 0 aliphatic heterocycles. The van der Waals surface area contributed by atoms with Crippen molar-refractivity contribution in [3.63, 3.8) is 0 Å². The Morgan fingerprint density at radius 1 is 1.22 bits per heavy atom. The van der Waals surface area contributed by atoms with Crippen LogP contribution in [0.1, 0.15) is 18.3 Å². The SMILES string of the molecule is O=C(O)CC(O)c1ccc(-c2ccc(F)cc2)o1. The first kappa shape index (κ1) is 12.3. The van der Waals surface area contributed by atoms with Crippen LogP contribution < -0.4 is 0 Å². The summed E-state index contributed by atoms with van der Waals surface area (Å²) < 4.78 is 18.1. The number of aliphatic carboxylic acids is 1. The summed E-state index contributed by atoms with van der Waals surface area (Å²) in [6.07, 6.45) is -1.60. The van der Waals surface area contributed by atoms with E-state index < -0.39 is 18.5 Å². The lowest BCUT2D eigenvalue weighted by molar-refractivity contribution is -0.139. The zero-order valence-corrected chi connectivity index (χ0v) is 9.34. The molecule has 1 unspecified atom stereocenters. The predicted octanol–water partition coefficient (Wildman–Crippen LogP) is 2.59. The van der Waals surface area contributed by atoms with Crippen LogP contribution in [0.25, 0.3) is 11.3 Å². The minimum atomic E-state index is -1.18. The number of carboxylic acids is 1. The van der Waals surface area contributed by atoms with Crippen molar-refractivity contribution in [3.8, 4) is 11.3 Å². The molecule has 0 aliphatic rings. The summed E-state index contributed by atoms with van der Waals surface area (Å²) in [6, 6.07) is 8.79. The molecule has 18 heavy (non-hydrogen) atoms. The van der Waals surface area contributed by atoms with Gasteiger partial charge in [0.2, 0.25) is 0 Å². The van der Waals surface area contributed by atoms with E-state index in [4.69, 9.17) is 9.52 Å². The Labute approximate surface area is 102 Å². The summed E-state index contributed by atoms with van der Waals surface area (Å²) in [4.78, 5) is 10.5. The van der Waals surface area contributed by atoms with Gasteiger partial charge in [-0.2, -0.15) is 0 Å². The highest BCUT2D eigenvalue weighted by molar-refractivity contribution is 5.67. The van der Waals surface area contributed by atoms with Crippen LogP contribution in [0, 0.1) is 5.82 Å². The number of carboxylic acid groups (broad SMARTS) is 1. The van der Waals surface area contributed by atoms with Crippen LogP contribution in [0.2, 0.25) is 0 Å². The number of carbonyl (C=O) groups is 1. The van der Waals surface area contributed by atoms with Gasteiger partial charge in [0.1, 0.15) is 23.4 Å². The van der Waals surface area contributed by atoms with E-state index in [-0.39, 0.29) is 11.6 Å². The molecule has 0 bridgehead atoms. The average Bonchev–Trinajstić information content (AvgIpc) is 2.78. The Kier molecular flexibility index (Phi) is 3.43. The molecule has 1 heterocycles. The highest BCUT2D eigenvalue weighted by Gasteiger charge is 2.16. The Bertz CT molecular complexity index is 544. The fourth-order valence-electron chi connectivity index (χ4n) is 1.57. The van der Waals surface area contributed by atoms with E-state index in [0.29, 0.717) is 11.3 Å². The quantitative estimate of drug-likeness (QED) is 0.874. The van der Waals surface area contributed by atoms with E-state index in [0.717, 1.165) is 0 Å². The van der Waals surface area contributed by atoms with Gasteiger partial charge < -0.3 is 14.6 Å². The first-order valence-corrected chi connectivity index (χ1v) is 5.32. The second-order valence-corrected chi connectivity index (χ2v) is 3.82. The summed E-state index contributed by atoms with van der Waals surface area (Å²) in [6.45, 7) is 0. The zero-order valence-electron chi connectivity index (χ0n) is 9.34. The minimum absolute atomic E-state index is 0.178. The number of hydrogen-bond acceptors (Lipinski definition) is 3. The topological polar surface area (TPSA) is 70.7 Å². The van der Waals surface area contributed by atoms with Crippen molar-refractivity contribution in [2.75, 3.05) is 0 Å². The van der Waals surface area contributed by atoms with Crippen molar-refractivity contribution >= 4 is 5.97 Å². The number of aliphatic hydroxyl groups is 1.